The van der Waals surface area contributed by atoms with Gasteiger partial charge in [0.25, 0.3) is 0 Å². The summed E-state index contributed by atoms with van der Waals surface area (Å²) in [5, 5.41) is 51.2. The zero-order chi connectivity index (χ0) is 23.7. The van der Waals surface area contributed by atoms with E-state index in [9.17, 15) is 30.3 Å². The Labute approximate surface area is 184 Å². The molecule has 7 heteroatoms. The topological polar surface area (TPSA) is 131 Å². The van der Waals surface area contributed by atoms with Gasteiger partial charge in [-0.3, -0.25) is 4.79 Å². The van der Waals surface area contributed by atoms with E-state index in [0.717, 1.165) is 17.7 Å². The molecule has 0 saturated carbocycles. The van der Waals surface area contributed by atoms with Crippen molar-refractivity contribution in [1.29, 1.82) is 0 Å². The van der Waals surface area contributed by atoms with Crippen LogP contribution in [-0.2, 0) is 12.8 Å². The first-order valence-corrected chi connectivity index (χ1v) is 10.0. The van der Waals surface area contributed by atoms with Gasteiger partial charge in [-0.1, -0.05) is 23.8 Å². The van der Waals surface area contributed by atoms with E-state index in [2.05, 4.69) is 6.58 Å². The quantitative estimate of drug-likeness (QED) is 0.363. The molecular formula is C25H26O7. The van der Waals surface area contributed by atoms with Crippen molar-refractivity contribution in [3.8, 4) is 34.3 Å². The summed E-state index contributed by atoms with van der Waals surface area (Å²) in [6.07, 6.45) is 0.854. The van der Waals surface area contributed by atoms with E-state index in [-0.39, 0.29) is 63.5 Å². The number of rotatable bonds is 6. The number of aliphatic hydroxyl groups excluding tert-OH is 1. The lowest BCUT2D eigenvalue weighted by Gasteiger charge is -2.16. The van der Waals surface area contributed by atoms with Crippen LogP contribution in [0.2, 0.25) is 0 Å². The van der Waals surface area contributed by atoms with Crippen LogP contribution in [0.15, 0.2) is 57.3 Å². The van der Waals surface area contributed by atoms with E-state index in [1.54, 1.807) is 6.92 Å². The van der Waals surface area contributed by atoms with Gasteiger partial charge in [-0.15, -0.1) is 0 Å². The summed E-state index contributed by atoms with van der Waals surface area (Å²) in [6, 6.07) is 4.92. The first-order valence-electron chi connectivity index (χ1n) is 10.0. The summed E-state index contributed by atoms with van der Waals surface area (Å²) >= 11 is 0. The van der Waals surface area contributed by atoms with Gasteiger partial charge in [-0.2, -0.15) is 0 Å². The normalized spacial score (nSPS) is 12.0. The number of phenols is 4. The van der Waals surface area contributed by atoms with Gasteiger partial charge in [-0.25, -0.2) is 0 Å². The molecule has 0 aliphatic heterocycles. The molecule has 0 aliphatic carbocycles. The Morgan fingerprint density at radius 1 is 1.03 bits per heavy atom. The molecule has 1 atom stereocenters. The molecule has 2 aromatic carbocycles. The van der Waals surface area contributed by atoms with Gasteiger partial charge in [0.2, 0.25) is 5.43 Å². The molecule has 5 N–H and O–H groups in total. The fraction of sp³-hybridized carbons (Fsp3) is 0.240. The standard InChI is InChI=1S/C25H26O7/c1-12(2)5-7-16-23(31)22-21(30)11-20(29)17(10-18(27)13(3)4)25(22)32-24(16)15-8-6-14(26)9-19(15)28/h5-6,8-9,11,18,26-30H,3,7,10H2,1-2,4H3/t18-/m0/s1. The summed E-state index contributed by atoms with van der Waals surface area (Å²) < 4.78 is 6.05. The molecule has 0 aliphatic rings. The number of phenolic OH excluding ortho intramolecular Hbond substituents is 4. The molecule has 0 saturated heterocycles. The lowest BCUT2D eigenvalue weighted by Crippen LogP contribution is -2.15. The van der Waals surface area contributed by atoms with Crippen LogP contribution >= 0.6 is 0 Å². The Hall–Kier alpha value is -3.71. The van der Waals surface area contributed by atoms with Crippen molar-refractivity contribution in [3.05, 3.63) is 69.4 Å². The highest BCUT2D eigenvalue weighted by atomic mass is 16.3. The van der Waals surface area contributed by atoms with Crippen molar-refractivity contribution in [2.24, 2.45) is 0 Å². The summed E-state index contributed by atoms with van der Waals surface area (Å²) in [6.45, 7) is 9.06. The van der Waals surface area contributed by atoms with Crippen molar-refractivity contribution >= 4 is 11.0 Å². The fourth-order valence-electron chi connectivity index (χ4n) is 3.41. The number of hydrogen-bond acceptors (Lipinski definition) is 7. The Kier molecular flexibility index (Phi) is 6.32. The van der Waals surface area contributed by atoms with E-state index in [4.69, 9.17) is 4.42 Å². The molecule has 1 heterocycles. The molecule has 0 spiro atoms. The van der Waals surface area contributed by atoms with Crippen LogP contribution in [0.5, 0.6) is 23.0 Å². The molecule has 7 nitrogen and oxygen atoms in total. The maximum absolute atomic E-state index is 13.5. The molecule has 32 heavy (non-hydrogen) atoms. The van der Waals surface area contributed by atoms with E-state index >= 15 is 0 Å². The number of allylic oxidation sites excluding steroid dienone is 2. The van der Waals surface area contributed by atoms with E-state index in [0.29, 0.717) is 5.57 Å². The summed E-state index contributed by atoms with van der Waals surface area (Å²) in [5.74, 6) is -1.25. The van der Waals surface area contributed by atoms with Gasteiger partial charge in [0, 0.05) is 29.7 Å². The van der Waals surface area contributed by atoms with Crippen molar-refractivity contribution in [2.75, 3.05) is 0 Å². The second kappa shape index (κ2) is 8.80. The van der Waals surface area contributed by atoms with Gasteiger partial charge in [0.1, 0.15) is 39.7 Å². The molecule has 1 aromatic heterocycles. The van der Waals surface area contributed by atoms with Crippen LogP contribution in [0.4, 0.5) is 0 Å². The van der Waals surface area contributed by atoms with Crippen LogP contribution < -0.4 is 5.43 Å². The highest BCUT2D eigenvalue weighted by Gasteiger charge is 2.25. The van der Waals surface area contributed by atoms with Gasteiger partial charge in [0.05, 0.1) is 11.7 Å². The predicted molar refractivity (Wildman–Crippen MR) is 122 cm³/mol. The number of benzene rings is 2. The molecule has 0 amide bonds. The lowest BCUT2D eigenvalue weighted by atomic mass is 9.96. The summed E-state index contributed by atoms with van der Waals surface area (Å²) in [7, 11) is 0. The smallest absolute Gasteiger partial charge is 0.200 e. The van der Waals surface area contributed by atoms with Crippen molar-refractivity contribution in [1.82, 2.24) is 0 Å². The highest BCUT2D eigenvalue weighted by Crippen LogP contribution is 2.40. The first-order chi connectivity index (χ1) is 15.0. The SMILES string of the molecule is C=C(C)[C@@H](O)Cc1c(O)cc(O)c2c(=O)c(CC=C(C)C)c(-c3ccc(O)cc3O)oc12. The van der Waals surface area contributed by atoms with Gasteiger partial charge < -0.3 is 29.9 Å². The third kappa shape index (κ3) is 4.33. The summed E-state index contributed by atoms with van der Waals surface area (Å²) in [4.78, 5) is 13.5. The number of aromatic hydroxyl groups is 4. The first kappa shape index (κ1) is 23.0. The molecule has 0 unspecified atom stereocenters. The minimum Gasteiger partial charge on any atom is -0.508 e. The van der Waals surface area contributed by atoms with E-state index in [1.165, 1.54) is 12.1 Å². The predicted octanol–water partition coefficient (Wildman–Crippen LogP) is 4.27. The second-order valence-corrected chi connectivity index (χ2v) is 8.09. The van der Waals surface area contributed by atoms with Crippen molar-refractivity contribution < 1.29 is 29.9 Å². The van der Waals surface area contributed by atoms with Crippen LogP contribution in [0.1, 0.15) is 31.9 Å². The molecular weight excluding hydrogens is 412 g/mol. The van der Waals surface area contributed by atoms with Gasteiger partial charge >= 0.3 is 0 Å². The Morgan fingerprint density at radius 3 is 2.31 bits per heavy atom. The lowest BCUT2D eigenvalue weighted by molar-refractivity contribution is 0.210. The highest BCUT2D eigenvalue weighted by molar-refractivity contribution is 5.90. The third-order valence-electron chi connectivity index (χ3n) is 5.23. The average molecular weight is 438 g/mol. The fourth-order valence-corrected chi connectivity index (χ4v) is 3.41. The average Bonchev–Trinajstić information content (AvgIpc) is 2.69. The Morgan fingerprint density at radius 2 is 1.72 bits per heavy atom. The third-order valence-corrected chi connectivity index (χ3v) is 5.23. The van der Waals surface area contributed by atoms with Gasteiger partial charge in [0.15, 0.2) is 0 Å². The van der Waals surface area contributed by atoms with Crippen LogP contribution in [0, 0.1) is 0 Å². The second-order valence-electron chi connectivity index (χ2n) is 8.09. The number of aliphatic hydroxyl groups is 1. The molecule has 0 bridgehead atoms. The largest absolute Gasteiger partial charge is 0.508 e. The zero-order valence-electron chi connectivity index (χ0n) is 18.1. The van der Waals surface area contributed by atoms with Crippen molar-refractivity contribution in [3.63, 3.8) is 0 Å². The zero-order valence-corrected chi connectivity index (χ0v) is 18.1. The maximum Gasteiger partial charge on any atom is 0.200 e. The van der Waals surface area contributed by atoms with Crippen molar-refractivity contribution in [2.45, 2.75) is 39.7 Å². The Balaban J connectivity index is 2.44. The van der Waals surface area contributed by atoms with Gasteiger partial charge in [-0.05, 0) is 39.3 Å². The number of hydrogen-bond donors (Lipinski definition) is 5. The molecule has 3 rings (SSSR count). The number of fused-ring (bicyclic) bond motifs is 1. The monoisotopic (exact) mass is 438 g/mol. The van der Waals surface area contributed by atoms with Crippen LogP contribution in [-0.4, -0.2) is 31.6 Å². The van der Waals surface area contributed by atoms with E-state index in [1.807, 2.05) is 19.9 Å². The molecule has 168 valence electrons. The van der Waals surface area contributed by atoms with E-state index < -0.39 is 17.3 Å². The molecule has 0 radical (unpaired) electrons. The molecule has 3 aromatic rings. The summed E-state index contributed by atoms with van der Waals surface area (Å²) in [5.41, 5.74) is 1.24. The Bertz CT molecular complexity index is 1290. The minimum atomic E-state index is -1.02. The van der Waals surface area contributed by atoms with Crippen LogP contribution in [0.25, 0.3) is 22.3 Å². The minimum absolute atomic E-state index is 0.0357. The van der Waals surface area contributed by atoms with Crippen LogP contribution in [0.3, 0.4) is 0 Å². The molecule has 0 fully saturated rings. The maximum atomic E-state index is 13.5.